The fourth-order valence-electron chi connectivity index (χ4n) is 4.49. The summed E-state index contributed by atoms with van der Waals surface area (Å²) < 4.78 is 6.04. The van der Waals surface area contributed by atoms with Crippen molar-refractivity contribution in [2.24, 2.45) is 0 Å². The number of aromatic nitrogens is 1. The molecule has 132 valence electrons. The Kier molecular flexibility index (Phi) is 5.31. The number of ether oxygens (including phenoxy) is 1. The molecule has 1 N–H and O–H groups in total. The third-order valence-electron chi connectivity index (χ3n) is 5.80. The van der Waals surface area contributed by atoms with Gasteiger partial charge in [-0.25, -0.2) is 0 Å². The highest BCUT2D eigenvalue weighted by atomic mass is 16.5. The summed E-state index contributed by atoms with van der Waals surface area (Å²) in [7, 11) is 0. The van der Waals surface area contributed by atoms with E-state index in [9.17, 15) is 0 Å². The Bertz CT molecular complexity index is 686. The molecular formula is C22H29N2O+. The predicted molar refractivity (Wildman–Crippen MR) is 100 cm³/mol. The normalized spacial score (nSPS) is 22.6. The predicted octanol–water partition coefficient (Wildman–Crippen LogP) is 3.15. The zero-order valence-corrected chi connectivity index (χ0v) is 15.0. The molecule has 3 nitrogen and oxygen atoms in total. The van der Waals surface area contributed by atoms with Crippen molar-refractivity contribution >= 4 is 0 Å². The third kappa shape index (κ3) is 4.04. The quantitative estimate of drug-likeness (QED) is 0.820. The van der Waals surface area contributed by atoms with Crippen molar-refractivity contribution < 1.29 is 9.64 Å². The summed E-state index contributed by atoms with van der Waals surface area (Å²) >= 11 is 0. The van der Waals surface area contributed by atoms with E-state index in [1.54, 1.807) is 4.90 Å². The van der Waals surface area contributed by atoms with Gasteiger partial charge >= 0.3 is 0 Å². The minimum atomic E-state index is 0.613. The summed E-state index contributed by atoms with van der Waals surface area (Å²) in [5.74, 6) is 1.05. The van der Waals surface area contributed by atoms with Crippen LogP contribution in [0.1, 0.15) is 54.8 Å². The summed E-state index contributed by atoms with van der Waals surface area (Å²) in [5, 5.41) is 0. The van der Waals surface area contributed by atoms with Gasteiger partial charge in [-0.05, 0) is 61.4 Å². The van der Waals surface area contributed by atoms with Crippen LogP contribution in [0.5, 0.6) is 5.75 Å². The Morgan fingerprint density at radius 1 is 1.08 bits per heavy atom. The number of pyridine rings is 1. The zero-order chi connectivity index (χ0) is 16.9. The van der Waals surface area contributed by atoms with Gasteiger partial charge in [0, 0.05) is 30.8 Å². The number of piperidine rings is 1. The molecule has 2 aliphatic rings. The van der Waals surface area contributed by atoms with Crippen molar-refractivity contribution in [2.45, 2.75) is 51.0 Å². The first kappa shape index (κ1) is 16.6. The largest absolute Gasteiger partial charge is 0.493 e. The van der Waals surface area contributed by atoms with E-state index in [1.807, 2.05) is 6.20 Å². The molecule has 1 aliphatic carbocycles. The first-order valence-electron chi connectivity index (χ1n) is 9.89. The number of quaternary nitrogens is 1. The molecule has 0 bridgehead atoms. The van der Waals surface area contributed by atoms with Gasteiger partial charge < -0.3 is 9.64 Å². The molecule has 0 saturated carbocycles. The first-order chi connectivity index (χ1) is 12.4. The molecule has 2 heterocycles. The van der Waals surface area contributed by atoms with Crippen molar-refractivity contribution in [3.05, 3.63) is 59.4 Å². The standard InChI is InChI=1S/C22H28N2O/c1-2-13-24(22(9-1)20-8-4-12-23-17-20)14-5-15-25-21-11-10-18-6-3-7-19(18)16-21/h4,8,10-12,16-17,22H,1-3,5-7,9,13-15H2/p+1/t22-/m0/s1. The summed E-state index contributed by atoms with van der Waals surface area (Å²) in [4.78, 5) is 6.03. The highest BCUT2D eigenvalue weighted by Gasteiger charge is 2.27. The van der Waals surface area contributed by atoms with Gasteiger partial charge in [0.1, 0.15) is 11.8 Å². The van der Waals surface area contributed by atoms with E-state index in [0.29, 0.717) is 6.04 Å². The van der Waals surface area contributed by atoms with Crippen molar-refractivity contribution in [2.75, 3.05) is 19.7 Å². The maximum Gasteiger partial charge on any atom is 0.119 e. The molecule has 1 aromatic heterocycles. The van der Waals surface area contributed by atoms with E-state index < -0.39 is 0 Å². The van der Waals surface area contributed by atoms with Crippen molar-refractivity contribution in [1.82, 2.24) is 4.98 Å². The summed E-state index contributed by atoms with van der Waals surface area (Å²) in [6, 6.07) is 11.6. The van der Waals surface area contributed by atoms with Gasteiger partial charge in [-0.3, -0.25) is 4.98 Å². The Morgan fingerprint density at radius 3 is 2.96 bits per heavy atom. The van der Waals surface area contributed by atoms with Crippen molar-refractivity contribution in [3.8, 4) is 5.75 Å². The van der Waals surface area contributed by atoms with E-state index in [4.69, 9.17) is 4.74 Å². The van der Waals surface area contributed by atoms with Gasteiger partial charge in [0.25, 0.3) is 0 Å². The van der Waals surface area contributed by atoms with Crippen LogP contribution in [0.25, 0.3) is 0 Å². The van der Waals surface area contributed by atoms with Gasteiger partial charge in [-0.2, -0.15) is 0 Å². The van der Waals surface area contributed by atoms with E-state index >= 15 is 0 Å². The summed E-state index contributed by atoms with van der Waals surface area (Å²) in [6.07, 6.45) is 12.8. The lowest BCUT2D eigenvalue weighted by atomic mass is 9.96. The van der Waals surface area contributed by atoms with Gasteiger partial charge in [0.2, 0.25) is 0 Å². The highest BCUT2D eigenvalue weighted by molar-refractivity contribution is 5.38. The number of benzene rings is 1. The van der Waals surface area contributed by atoms with Gasteiger partial charge in [0.15, 0.2) is 0 Å². The monoisotopic (exact) mass is 337 g/mol. The van der Waals surface area contributed by atoms with Crippen molar-refractivity contribution in [3.63, 3.8) is 0 Å². The minimum absolute atomic E-state index is 0.613. The smallest absolute Gasteiger partial charge is 0.119 e. The summed E-state index contributed by atoms with van der Waals surface area (Å²) in [5.41, 5.74) is 4.41. The van der Waals surface area contributed by atoms with Gasteiger partial charge in [-0.1, -0.05) is 12.1 Å². The Balaban J connectivity index is 1.28. The molecular weight excluding hydrogens is 308 g/mol. The average Bonchev–Trinajstić information content (AvgIpc) is 3.14. The van der Waals surface area contributed by atoms with E-state index in [-0.39, 0.29) is 0 Å². The fraction of sp³-hybridized carbons (Fsp3) is 0.500. The second-order valence-corrected chi connectivity index (χ2v) is 7.48. The average molecular weight is 337 g/mol. The number of hydrogen-bond acceptors (Lipinski definition) is 2. The molecule has 3 heteroatoms. The Hall–Kier alpha value is -1.87. The van der Waals surface area contributed by atoms with Crippen LogP contribution in [0.15, 0.2) is 42.7 Å². The minimum Gasteiger partial charge on any atom is -0.493 e. The van der Waals surface area contributed by atoms with Crippen LogP contribution >= 0.6 is 0 Å². The van der Waals surface area contributed by atoms with E-state index in [1.165, 1.54) is 68.3 Å². The molecule has 25 heavy (non-hydrogen) atoms. The van der Waals surface area contributed by atoms with Gasteiger partial charge in [-0.15, -0.1) is 0 Å². The fourth-order valence-corrected chi connectivity index (χ4v) is 4.49. The number of nitrogens with one attached hydrogen (secondary N) is 1. The number of likely N-dealkylation sites (tertiary alicyclic amines) is 1. The number of nitrogens with zero attached hydrogens (tertiary/aromatic N) is 1. The maximum atomic E-state index is 6.04. The van der Waals surface area contributed by atoms with E-state index in [0.717, 1.165) is 18.8 Å². The lowest BCUT2D eigenvalue weighted by molar-refractivity contribution is -0.937. The first-order valence-corrected chi connectivity index (χ1v) is 9.89. The zero-order valence-electron chi connectivity index (χ0n) is 15.0. The van der Waals surface area contributed by atoms with Crippen LogP contribution < -0.4 is 9.64 Å². The molecule has 1 fully saturated rings. The van der Waals surface area contributed by atoms with Crippen LogP contribution in [0.2, 0.25) is 0 Å². The van der Waals surface area contributed by atoms with Crippen molar-refractivity contribution in [1.29, 1.82) is 0 Å². The second-order valence-electron chi connectivity index (χ2n) is 7.48. The molecule has 0 amide bonds. The van der Waals surface area contributed by atoms with Crippen LogP contribution in [-0.2, 0) is 12.8 Å². The number of hydrogen-bond donors (Lipinski definition) is 1. The Morgan fingerprint density at radius 2 is 2.04 bits per heavy atom. The van der Waals surface area contributed by atoms with E-state index in [2.05, 4.69) is 41.5 Å². The molecule has 1 unspecified atom stereocenters. The van der Waals surface area contributed by atoms with Crippen LogP contribution in [0.3, 0.4) is 0 Å². The number of fused-ring (bicyclic) bond motifs is 1. The molecule has 2 atom stereocenters. The van der Waals surface area contributed by atoms with Crippen LogP contribution in [0.4, 0.5) is 0 Å². The SMILES string of the molecule is c1cncc([C@@H]2CCCC[NH+]2CCCOc2ccc3c(c2)CCC3)c1. The molecule has 2 aromatic rings. The summed E-state index contributed by atoms with van der Waals surface area (Å²) in [6.45, 7) is 3.28. The highest BCUT2D eigenvalue weighted by Crippen LogP contribution is 2.26. The molecule has 0 radical (unpaired) electrons. The van der Waals surface area contributed by atoms with Crippen LogP contribution in [0, 0.1) is 0 Å². The number of aryl methyl sites for hydroxylation is 2. The molecule has 1 saturated heterocycles. The van der Waals surface area contributed by atoms with Crippen LogP contribution in [-0.4, -0.2) is 24.7 Å². The second kappa shape index (κ2) is 8.01. The topological polar surface area (TPSA) is 26.6 Å². The van der Waals surface area contributed by atoms with Gasteiger partial charge in [0.05, 0.1) is 19.7 Å². The molecule has 1 aromatic carbocycles. The lowest BCUT2D eigenvalue weighted by Gasteiger charge is -2.32. The maximum absolute atomic E-state index is 6.04. The molecule has 4 rings (SSSR count). The molecule has 1 aliphatic heterocycles. The third-order valence-corrected chi connectivity index (χ3v) is 5.80. The number of rotatable bonds is 6. The lowest BCUT2D eigenvalue weighted by Crippen LogP contribution is -3.13. The Labute approximate surface area is 151 Å². The molecule has 0 spiro atoms.